The van der Waals surface area contributed by atoms with Gasteiger partial charge in [-0.3, -0.25) is 5.41 Å². The zero-order valence-electron chi connectivity index (χ0n) is 19.0. The summed E-state index contributed by atoms with van der Waals surface area (Å²) >= 11 is 0. The first-order valence-corrected chi connectivity index (χ1v) is 13.0. The van der Waals surface area contributed by atoms with Crippen molar-refractivity contribution in [3.8, 4) is 5.75 Å². The molecular weight excluding hydrogens is 424 g/mol. The molecule has 0 amide bonds. The summed E-state index contributed by atoms with van der Waals surface area (Å²) < 4.78 is 29.0. The molecule has 0 bridgehead atoms. The first-order chi connectivity index (χ1) is 15.3. The molecule has 32 heavy (non-hydrogen) atoms. The van der Waals surface area contributed by atoms with E-state index in [1.54, 1.807) is 24.3 Å². The minimum atomic E-state index is -3.20. The molecule has 174 valence electrons. The molecule has 2 aromatic carbocycles. The van der Waals surface area contributed by atoms with E-state index in [2.05, 4.69) is 11.8 Å². The highest BCUT2D eigenvalue weighted by Gasteiger charge is 2.25. The Kier molecular flexibility index (Phi) is 8.15. The van der Waals surface area contributed by atoms with E-state index in [1.807, 2.05) is 29.2 Å². The Morgan fingerprint density at radius 3 is 2.44 bits per heavy atom. The van der Waals surface area contributed by atoms with E-state index >= 15 is 0 Å². The lowest BCUT2D eigenvalue weighted by Gasteiger charge is -2.40. The second kappa shape index (κ2) is 10.8. The molecule has 1 unspecified atom stereocenters. The number of guanidine groups is 1. The van der Waals surface area contributed by atoms with E-state index in [-0.39, 0.29) is 0 Å². The van der Waals surface area contributed by atoms with E-state index < -0.39 is 9.84 Å². The normalized spacial score (nSPS) is 16.6. The molecule has 1 heterocycles. The zero-order chi connectivity index (χ0) is 23.1. The minimum Gasteiger partial charge on any atom is -0.489 e. The maximum Gasteiger partial charge on any atom is 0.198 e. The molecule has 1 saturated heterocycles. The van der Waals surface area contributed by atoms with Crippen LogP contribution in [0.1, 0.15) is 38.2 Å². The smallest absolute Gasteiger partial charge is 0.198 e. The molecule has 2 aromatic rings. The maximum absolute atomic E-state index is 11.6. The van der Waals surface area contributed by atoms with Crippen LogP contribution in [0.15, 0.2) is 53.4 Å². The molecule has 1 aliphatic rings. The van der Waals surface area contributed by atoms with E-state index in [4.69, 9.17) is 15.9 Å². The van der Waals surface area contributed by atoms with Gasteiger partial charge in [-0.05, 0) is 81.1 Å². The van der Waals surface area contributed by atoms with Crippen molar-refractivity contribution >= 4 is 21.5 Å². The van der Waals surface area contributed by atoms with Crippen molar-refractivity contribution < 1.29 is 13.2 Å². The molecular formula is C24H34N4O3S. The van der Waals surface area contributed by atoms with Crippen molar-refractivity contribution in [3.05, 3.63) is 54.1 Å². The lowest BCUT2D eigenvalue weighted by atomic mass is 10.0. The van der Waals surface area contributed by atoms with E-state index in [0.717, 1.165) is 42.8 Å². The fourth-order valence-corrected chi connectivity index (χ4v) is 4.53. The number of nitrogens with one attached hydrogen (secondary N) is 1. The summed E-state index contributed by atoms with van der Waals surface area (Å²) in [7, 11) is -3.20. The first-order valence-electron chi connectivity index (χ1n) is 11.1. The summed E-state index contributed by atoms with van der Waals surface area (Å²) in [5.41, 5.74) is 7.59. The highest BCUT2D eigenvalue weighted by atomic mass is 32.2. The van der Waals surface area contributed by atoms with Gasteiger partial charge < -0.3 is 20.3 Å². The van der Waals surface area contributed by atoms with Gasteiger partial charge in [0.25, 0.3) is 0 Å². The highest BCUT2D eigenvalue weighted by molar-refractivity contribution is 7.90. The summed E-state index contributed by atoms with van der Waals surface area (Å²) in [6.45, 7) is 4.73. The molecule has 0 aromatic heterocycles. The van der Waals surface area contributed by atoms with Crippen LogP contribution >= 0.6 is 0 Å². The topological polar surface area (TPSA) is 99.7 Å². The zero-order valence-corrected chi connectivity index (χ0v) is 19.8. The Morgan fingerprint density at radius 1 is 1.16 bits per heavy atom. The third-order valence-corrected chi connectivity index (χ3v) is 6.95. The number of sulfone groups is 1. The average Bonchev–Trinajstić information content (AvgIpc) is 2.78. The van der Waals surface area contributed by atoms with Gasteiger partial charge in [0.1, 0.15) is 12.4 Å². The van der Waals surface area contributed by atoms with Crippen molar-refractivity contribution in [2.75, 3.05) is 30.8 Å². The molecule has 0 aliphatic carbocycles. The summed E-state index contributed by atoms with van der Waals surface area (Å²) in [6.07, 6.45) is 5.46. The van der Waals surface area contributed by atoms with Gasteiger partial charge in [-0.25, -0.2) is 8.42 Å². The number of ether oxygens (including phenoxy) is 1. The number of hydrogen-bond donors (Lipinski definition) is 2. The second-order valence-electron chi connectivity index (χ2n) is 8.35. The third kappa shape index (κ3) is 6.23. The molecule has 7 nitrogen and oxygen atoms in total. The van der Waals surface area contributed by atoms with Crippen LogP contribution in [0, 0.1) is 5.41 Å². The standard InChI is InChI=1S/C24H34N4O3S/c1-19-6-3-4-16-27(19)24(26)28(17-5-15-25)21-9-11-22(12-10-21)31-18-20-7-13-23(14-8-20)32(2,29)30/h7-14,19,26H,3-6,15-18,25H2,1-2H3. The lowest BCUT2D eigenvalue weighted by Crippen LogP contribution is -2.50. The maximum atomic E-state index is 11.6. The minimum absolute atomic E-state index is 0.300. The van der Waals surface area contributed by atoms with Gasteiger partial charge in [0.2, 0.25) is 0 Å². The van der Waals surface area contributed by atoms with Crippen molar-refractivity contribution in [2.24, 2.45) is 5.73 Å². The van der Waals surface area contributed by atoms with Crippen LogP contribution in [0.5, 0.6) is 5.75 Å². The molecule has 0 saturated carbocycles. The van der Waals surface area contributed by atoms with Crippen LogP contribution < -0.4 is 15.4 Å². The monoisotopic (exact) mass is 458 g/mol. The molecule has 3 N–H and O–H groups in total. The first kappa shape index (κ1) is 24.1. The summed E-state index contributed by atoms with van der Waals surface area (Å²) in [6, 6.07) is 14.8. The van der Waals surface area contributed by atoms with E-state index in [0.29, 0.717) is 36.6 Å². The van der Waals surface area contributed by atoms with Gasteiger partial charge in [-0.1, -0.05) is 12.1 Å². The Balaban J connectivity index is 1.66. The summed E-state index contributed by atoms with van der Waals surface area (Å²) in [5.74, 6) is 1.25. The largest absolute Gasteiger partial charge is 0.489 e. The van der Waals surface area contributed by atoms with Gasteiger partial charge in [-0.2, -0.15) is 0 Å². The van der Waals surface area contributed by atoms with Gasteiger partial charge in [0, 0.05) is 31.1 Å². The Morgan fingerprint density at radius 2 is 1.84 bits per heavy atom. The van der Waals surface area contributed by atoms with Gasteiger partial charge in [0.15, 0.2) is 15.8 Å². The molecule has 1 atom stereocenters. The number of likely N-dealkylation sites (tertiary alicyclic amines) is 1. The number of piperidine rings is 1. The number of anilines is 1. The summed E-state index contributed by atoms with van der Waals surface area (Å²) in [5, 5.41) is 8.83. The van der Waals surface area contributed by atoms with Crippen molar-refractivity contribution in [2.45, 2.75) is 50.2 Å². The molecule has 1 fully saturated rings. The molecule has 0 radical (unpaired) electrons. The van der Waals surface area contributed by atoms with E-state index in [9.17, 15) is 8.42 Å². The molecule has 0 spiro atoms. The Hall–Kier alpha value is -2.58. The Bertz CT molecular complexity index is 991. The van der Waals surface area contributed by atoms with Crippen LogP contribution in [0.4, 0.5) is 5.69 Å². The van der Waals surface area contributed by atoms with E-state index in [1.165, 1.54) is 12.7 Å². The predicted molar refractivity (Wildman–Crippen MR) is 129 cm³/mol. The third-order valence-electron chi connectivity index (χ3n) is 5.82. The quantitative estimate of drug-likeness (QED) is 0.463. The van der Waals surface area contributed by atoms with Crippen LogP contribution in [-0.2, 0) is 16.4 Å². The highest BCUT2D eigenvalue weighted by Crippen LogP contribution is 2.24. The van der Waals surface area contributed by atoms with Crippen LogP contribution in [0.3, 0.4) is 0 Å². The number of nitrogens with two attached hydrogens (primary N) is 1. The summed E-state index contributed by atoms with van der Waals surface area (Å²) in [4.78, 5) is 4.51. The Labute approximate surface area is 191 Å². The van der Waals surface area contributed by atoms with Crippen molar-refractivity contribution in [1.82, 2.24) is 4.90 Å². The number of nitrogens with zero attached hydrogens (tertiary/aromatic N) is 2. The number of hydrogen-bond acceptors (Lipinski definition) is 5. The fourth-order valence-electron chi connectivity index (χ4n) is 3.90. The predicted octanol–water partition coefficient (Wildman–Crippen LogP) is 3.63. The molecule has 8 heteroatoms. The fraction of sp³-hybridized carbons (Fsp3) is 0.458. The molecule has 1 aliphatic heterocycles. The molecule has 3 rings (SSSR count). The number of benzene rings is 2. The second-order valence-corrected chi connectivity index (χ2v) is 10.4. The van der Waals surface area contributed by atoms with Crippen LogP contribution in [0.25, 0.3) is 0 Å². The SMILES string of the molecule is CC1CCCCN1C(=N)N(CCCN)c1ccc(OCc2ccc(S(C)(=O)=O)cc2)cc1. The average molecular weight is 459 g/mol. The van der Waals surface area contributed by atoms with Crippen molar-refractivity contribution in [3.63, 3.8) is 0 Å². The van der Waals surface area contributed by atoms with Crippen LogP contribution in [-0.4, -0.2) is 51.2 Å². The van der Waals surface area contributed by atoms with Gasteiger partial charge in [-0.15, -0.1) is 0 Å². The van der Waals surface area contributed by atoms with Gasteiger partial charge in [0.05, 0.1) is 4.90 Å². The lowest BCUT2D eigenvalue weighted by molar-refractivity contribution is 0.252. The van der Waals surface area contributed by atoms with Crippen LogP contribution in [0.2, 0.25) is 0 Å². The number of rotatable bonds is 8. The van der Waals surface area contributed by atoms with Gasteiger partial charge >= 0.3 is 0 Å². The van der Waals surface area contributed by atoms with Crippen molar-refractivity contribution in [1.29, 1.82) is 5.41 Å².